The summed E-state index contributed by atoms with van der Waals surface area (Å²) in [5, 5.41) is 17.6. The Morgan fingerprint density at radius 3 is 2.74 bits per heavy atom. The van der Waals surface area contributed by atoms with Crippen LogP contribution in [0.5, 0.6) is 5.75 Å². The van der Waals surface area contributed by atoms with Gasteiger partial charge in [-0.1, -0.05) is 12.1 Å². The quantitative estimate of drug-likeness (QED) is 0.482. The van der Waals surface area contributed by atoms with E-state index in [4.69, 9.17) is 4.74 Å². The minimum absolute atomic E-state index is 0.0765. The van der Waals surface area contributed by atoms with Crippen molar-refractivity contribution in [1.29, 1.82) is 0 Å². The zero-order valence-corrected chi connectivity index (χ0v) is 14.8. The number of hydrogen-bond donors (Lipinski definition) is 2. The van der Waals surface area contributed by atoms with Crippen LogP contribution in [0.2, 0.25) is 0 Å². The van der Waals surface area contributed by atoms with Gasteiger partial charge in [0.1, 0.15) is 12.1 Å². The number of benzene rings is 1. The van der Waals surface area contributed by atoms with Gasteiger partial charge in [0.15, 0.2) is 0 Å². The topological polar surface area (TPSA) is 115 Å². The lowest BCUT2D eigenvalue weighted by molar-refractivity contribution is -0.383. The largest absolute Gasteiger partial charge is 0.495 e. The second-order valence-electron chi connectivity index (χ2n) is 5.72. The molecule has 9 heteroatoms. The summed E-state index contributed by atoms with van der Waals surface area (Å²) in [5.41, 5.74) is 2.19. The predicted molar refractivity (Wildman–Crippen MR) is 101 cm³/mol. The van der Waals surface area contributed by atoms with Gasteiger partial charge in [0, 0.05) is 18.9 Å². The smallest absolute Gasteiger partial charge is 0.353 e. The minimum atomic E-state index is -0.518. The van der Waals surface area contributed by atoms with Gasteiger partial charge < -0.3 is 15.4 Å². The number of nitrogens with zero attached hydrogens (tertiary/aromatic N) is 4. The van der Waals surface area contributed by atoms with Crippen molar-refractivity contribution in [1.82, 2.24) is 15.0 Å². The van der Waals surface area contributed by atoms with E-state index in [1.165, 1.54) is 13.4 Å². The zero-order valence-electron chi connectivity index (χ0n) is 14.8. The third-order valence-corrected chi connectivity index (χ3v) is 3.80. The number of methoxy groups -OCH3 is 1. The molecule has 1 aromatic carbocycles. The second-order valence-corrected chi connectivity index (χ2v) is 5.72. The van der Waals surface area contributed by atoms with Crippen LogP contribution in [0, 0.1) is 17.0 Å². The number of aryl methyl sites for hydroxylation is 1. The Hall–Kier alpha value is -3.75. The van der Waals surface area contributed by atoms with Crippen LogP contribution in [0.4, 0.5) is 23.0 Å². The SMILES string of the molecule is COc1ccc(C)cc1Nc1ncnc(NCc2cccnc2)c1[N+](=O)[O-]. The molecule has 0 atom stereocenters. The first-order valence-electron chi connectivity index (χ1n) is 8.12. The summed E-state index contributed by atoms with van der Waals surface area (Å²) >= 11 is 0. The molecule has 0 aliphatic rings. The lowest BCUT2D eigenvalue weighted by atomic mass is 10.2. The van der Waals surface area contributed by atoms with Gasteiger partial charge in [0.2, 0.25) is 11.6 Å². The molecule has 9 nitrogen and oxygen atoms in total. The van der Waals surface area contributed by atoms with E-state index in [-0.39, 0.29) is 17.3 Å². The summed E-state index contributed by atoms with van der Waals surface area (Å²) in [6.45, 7) is 2.26. The van der Waals surface area contributed by atoms with Gasteiger partial charge in [-0.25, -0.2) is 9.97 Å². The van der Waals surface area contributed by atoms with Crippen molar-refractivity contribution in [3.05, 3.63) is 70.3 Å². The maximum absolute atomic E-state index is 11.7. The van der Waals surface area contributed by atoms with Crippen molar-refractivity contribution in [2.24, 2.45) is 0 Å². The summed E-state index contributed by atoms with van der Waals surface area (Å²) in [6, 6.07) is 9.16. The van der Waals surface area contributed by atoms with Crippen LogP contribution in [0.25, 0.3) is 0 Å². The number of aromatic nitrogens is 3. The van der Waals surface area contributed by atoms with Crippen molar-refractivity contribution >= 4 is 23.0 Å². The third kappa shape index (κ3) is 4.27. The molecule has 0 saturated carbocycles. The first-order chi connectivity index (χ1) is 13.1. The highest BCUT2D eigenvalue weighted by molar-refractivity contribution is 5.76. The van der Waals surface area contributed by atoms with Crippen LogP contribution in [-0.4, -0.2) is 27.0 Å². The number of pyridine rings is 1. The molecule has 0 aliphatic carbocycles. The van der Waals surface area contributed by atoms with Crippen molar-refractivity contribution in [3.8, 4) is 5.75 Å². The molecular weight excluding hydrogens is 348 g/mol. The average Bonchev–Trinajstić information content (AvgIpc) is 2.67. The number of rotatable bonds is 7. The molecule has 2 aromatic heterocycles. The van der Waals surface area contributed by atoms with Crippen LogP contribution in [0.1, 0.15) is 11.1 Å². The molecule has 2 N–H and O–H groups in total. The Morgan fingerprint density at radius 2 is 2.04 bits per heavy atom. The molecule has 3 aromatic rings. The monoisotopic (exact) mass is 366 g/mol. The summed E-state index contributed by atoms with van der Waals surface area (Å²) in [7, 11) is 1.53. The molecule has 0 spiro atoms. The number of nitrogens with one attached hydrogen (secondary N) is 2. The molecule has 138 valence electrons. The standard InChI is InChI=1S/C18H18N6O3/c1-12-5-6-15(27-2)14(8-12)23-18-16(24(25)26)17(21-11-22-18)20-10-13-4-3-7-19-9-13/h3-9,11H,10H2,1-2H3,(H2,20,21,22,23). The first-order valence-corrected chi connectivity index (χ1v) is 8.12. The molecule has 0 amide bonds. The van der Waals surface area contributed by atoms with Crippen LogP contribution in [0.15, 0.2) is 49.1 Å². The molecule has 2 heterocycles. The van der Waals surface area contributed by atoms with Gasteiger partial charge in [0.05, 0.1) is 17.7 Å². The molecule has 27 heavy (non-hydrogen) atoms. The molecule has 0 aliphatic heterocycles. The number of anilines is 3. The number of nitro groups is 1. The Morgan fingerprint density at radius 1 is 1.22 bits per heavy atom. The van der Waals surface area contributed by atoms with Gasteiger partial charge in [-0.2, -0.15) is 0 Å². The van der Waals surface area contributed by atoms with Gasteiger partial charge in [-0.15, -0.1) is 0 Å². The van der Waals surface area contributed by atoms with E-state index < -0.39 is 4.92 Å². The average molecular weight is 366 g/mol. The Labute approximate surface area is 155 Å². The summed E-state index contributed by atoms with van der Waals surface area (Å²) < 4.78 is 5.31. The van der Waals surface area contributed by atoms with E-state index >= 15 is 0 Å². The van der Waals surface area contributed by atoms with Gasteiger partial charge >= 0.3 is 5.69 Å². The number of ether oxygens (including phenoxy) is 1. The zero-order chi connectivity index (χ0) is 19.2. The second kappa shape index (κ2) is 8.09. The Kier molecular flexibility index (Phi) is 5.41. The van der Waals surface area contributed by atoms with E-state index in [2.05, 4.69) is 25.6 Å². The molecule has 0 fully saturated rings. The van der Waals surface area contributed by atoms with E-state index in [1.807, 2.05) is 25.1 Å². The molecule has 0 saturated heterocycles. The normalized spacial score (nSPS) is 10.3. The Balaban J connectivity index is 1.92. The van der Waals surface area contributed by atoms with Crippen LogP contribution in [0.3, 0.4) is 0 Å². The van der Waals surface area contributed by atoms with E-state index in [0.29, 0.717) is 18.0 Å². The highest BCUT2D eigenvalue weighted by atomic mass is 16.6. The molecule has 3 rings (SSSR count). The third-order valence-electron chi connectivity index (χ3n) is 3.80. The van der Waals surface area contributed by atoms with Crippen molar-refractivity contribution < 1.29 is 9.66 Å². The fraction of sp³-hybridized carbons (Fsp3) is 0.167. The molecule has 0 bridgehead atoms. The molecule has 0 unspecified atom stereocenters. The summed E-state index contributed by atoms with van der Waals surface area (Å²) in [6.07, 6.45) is 4.61. The minimum Gasteiger partial charge on any atom is -0.495 e. The fourth-order valence-corrected chi connectivity index (χ4v) is 2.51. The van der Waals surface area contributed by atoms with Crippen molar-refractivity contribution in [2.45, 2.75) is 13.5 Å². The van der Waals surface area contributed by atoms with E-state index in [0.717, 1.165) is 11.1 Å². The maximum Gasteiger partial charge on any atom is 0.353 e. The first kappa shape index (κ1) is 18.1. The highest BCUT2D eigenvalue weighted by Crippen LogP contribution is 2.34. The van der Waals surface area contributed by atoms with Gasteiger partial charge in [-0.05, 0) is 36.2 Å². The van der Waals surface area contributed by atoms with Crippen molar-refractivity contribution in [3.63, 3.8) is 0 Å². The molecular formula is C18H18N6O3. The highest BCUT2D eigenvalue weighted by Gasteiger charge is 2.23. The van der Waals surface area contributed by atoms with Gasteiger partial charge in [-0.3, -0.25) is 15.1 Å². The summed E-state index contributed by atoms with van der Waals surface area (Å²) in [4.78, 5) is 23.2. The van der Waals surface area contributed by atoms with Crippen molar-refractivity contribution in [2.75, 3.05) is 17.7 Å². The van der Waals surface area contributed by atoms with E-state index in [9.17, 15) is 10.1 Å². The van der Waals surface area contributed by atoms with E-state index in [1.54, 1.807) is 24.5 Å². The lowest BCUT2D eigenvalue weighted by Gasteiger charge is -2.13. The maximum atomic E-state index is 11.7. The lowest BCUT2D eigenvalue weighted by Crippen LogP contribution is -2.08. The number of hydrogen-bond acceptors (Lipinski definition) is 8. The van der Waals surface area contributed by atoms with Crippen LogP contribution < -0.4 is 15.4 Å². The fourth-order valence-electron chi connectivity index (χ4n) is 2.51. The summed E-state index contributed by atoms with van der Waals surface area (Å²) in [5.74, 6) is 0.749. The van der Waals surface area contributed by atoms with Crippen LogP contribution >= 0.6 is 0 Å². The molecule has 0 radical (unpaired) electrons. The van der Waals surface area contributed by atoms with Gasteiger partial charge in [0.25, 0.3) is 0 Å². The van der Waals surface area contributed by atoms with Crippen LogP contribution in [-0.2, 0) is 6.54 Å². The predicted octanol–water partition coefficient (Wildman–Crippen LogP) is 3.45. The Bertz CT molecular complexity index is 949.